The molecule has 0 heterocycles. The molecule has 0 aliphatic carbocycles. The van der Waals surface area contributed by atoms with Gasteiger partial charge in [-0.15, -0.1) is 0 Å². The predicted molar refractivity (Wildman–Crippen MR) is 88.2 cm³/mol. The SMILES string of the molecule is CNc1ccc(C(C)=Nc2cc(N)cc(C)c2C)cc1. The molecule has 2 aromatic carbocycles. The summed E-state index contributed by atoms with van der Waals surface area (Å²) in [6, 6.07) is 12.1. The normalized spacial score (nSPS) is 11.5. The average Bonchev–Trinajstić information content (AvgIpc) is 2.44. The van der Waals surface area contributed by atoms with E-state index in [2.05, 4.69) is 31.3 Å². The fourth-order valence-electron chi connectivity index (χ4n) is 2.11. The maximum Gasteiger partial charge on any atom is 0.0685 e. The highest BCUT2D eigenvalue weighted by Crippen LogP contribution is 2.26. The molecule has 0 aromatic heterocycles. The highest BCUT2D eigenvalue weighted by Gasteiger charge is 2.04. The molecule has 0 bridgehead atoms. The second-order valence-electron chi connectivity index (χ2n) is 5.01. The van der Waals surface area contributed by atoms with Gasteiger partial charge in [0.25, 0.3) is 0 Å². The van der Waals surface area contributed by atoms with Crippen molar-refractivity contribution in [3.63, 3.8) is 0 Å². The van der Waals surface area contributed by atoms with Crippen molar-refractivity contribution in [2.45, 2.75) is 20.8 Å². The molecule has 3 heteroatoms. The Kier molecular flexibility index (Phi) is 4.08. The minimum atomic E-state index is 0.755. The van der Waals surface area contributed by atoms with E-state index in [0.29, 0.717) is 0 Å². The molecule has 0 radical (unpaired) electrons. The summed E-state index contributed by atoms with van der Waals surface area (Å²) in [6.45, 7) is 6.15. The van der Waals surface area contributed by atoms with E-state index in [1.165, 1.54) is 11.1 Å². The third kappa shape index (κ3) is 2.99. The molecule has 0 spiro atoms. The maximum atomic E-state index is 5.90. The van der Waals surface area contributed by atoms with Gasteiger partial charge in [0.1, 0.15) is 0 Å². The summed E-state index contributed by atoms with van der Waals surface area (Å²) in [5.41, 5.74) is 13.1. The number of benzene rings is 2. The molecule has 0 saturated heterocycles. The summed E-state index contributed by atoms with van der Waals surface area (Å²) < 4.78 is 0. The number of nitrogen functional groups attached to an aromatic ring is 1. The lowest BCUT2D eigenvalue weighted by molar-refractivity contribution is 1.31. The van der Waals surface area contributed by atoms with E-state index < -0.39 is 0 Å². The van der Waals surface area contributed by atoms with Gasteiger partial charge in [0, 0.05) is 24.1 Å². The van der Waals surface area contributed by atoms with Crippen LogP contribution in [0.4, 0.5) is 17.1 Å². The zero-order chi connectivity index (χ0) is 14.7. The van der Waals surface area contributed by atoms with E-state index in [0.717, 1.165) is 28.3 Å². The molecule has 0 aliphatic heterocycles. The van der Waals surface area contributed by atoms with E-state index in [-0.39, 0.29) is 0 Å². The van der Waals surface area contributed by atoms with Crippen molar-refractivity contribution in [1.82, 2.24) is 0 Å². The van der Waals surface area contributed by atoms with Crippen LogP contribution in [0.5, 0.6) is 0 Å². The Balaban J connectivity index is 2.38. The van der Waals surface area contributed by atoms with Crippen LogP contribution >= 0.6 is 0 Å². The first-order valence-corrected chi connectivity index (χ1v) is 6.71. The van der Waals surface area contributed by atoms with Crippen LogP contribution in [0.1, 0.15) is 23.6 Å². The quantitative estimate of drug-likeness (QED) is 0.650. The van der Waals surface area contributed by atoms with Crippen molar-refractivity contribution in [2.75, 3.05) is 18.1 Å². The van der Waals surface area contributed by atoms with Gasteiger partial charge >= 0.3 is 0 Å². The zero-order valence-corrected chi connectivity index (χ0v) is 12.5. The first-order valence-electron chi connectivity index (χ1n) is 6.71. The molecular formula is C17H21N3. The molecule has 0 amide bonds. The number of hydrogen-bond acceptors (Lipinski definition) is 3. The minimum absolute atomic E-state index is 0.755. The molecule has 0 aliphatic rings. The maximum absolute atomic E-state index is 5.90. The number of nitrogens with one attached hydrogen (secondary N) is 1. The molecule has 2 rings (SSSR count). The van der Waals surface area contributed by atoms with Crippen molar-refractivity contribution in [3.8, 4) is 0 Å². The number of nitrogens with zero attached hydrogens (tertiary/aromatic N) is 1. The highest BCUT2D eigenvalue weighted by atomic mass is 14.8. The fraction of sp³-hybridized carbons (Fsp3) is 0.235. The summed E-state index contributed by atoms with van der Waals surface area (Å²) in [5, 5.41) is 3.11. The van der Waals surface area contributed by atoms with Gasteiger partial charge in [-0.2, -0.15) is 0 Å². The summed E-state index contributed by atoms with van der Waals surface area (Å²) in [4.78, 5) is 4.72. The molecule has 3 N–H and O–H groups in total. The van der Waals surface area contributed by atoms with Crippen LogP contribution in [0.2, 0.25) is 0 Å². The first kappa shape index (κ1) is 14.1. The predicted octanol–water partition coefficient (Wildman–Crippen LogP) is 4.07. The number of hydrogen-bond donors (Lipinski definition) is 2. The van der Waals surface area contributed by atoms with Gasteiger partial charge in [0.2, 0.25) is 0 Å². The Hall–Kier alpha value is -2.29. The second kappa shape index (κ2) is 5.78. The second-order valence-corrected chi connectivity index (χ2v) is 5.01. The van der Waals surface area contributed by atoms with E-state index in [4.69, 9.17) is 10.7 Å². The van der Waals surface area contributed by atoms with E-state index in [1.54, 1.807) is 0 Å². The summed E-state index contributed by atoms with van der Waals surface area (Å²) in [5.74, 6) is 0. The lowest BCUT2D eigenvalue weighted by Crippen LogP contribution is -1.96. The van der Waals surface area contributed by atoms with Crippen molar-refractivity contribution in [2.24, 2.45) is 4.99 Å². The first-order chi connectivity index (χ1) is 9.51. The molecule has 2 aromatic rings. The third-order valence-corrected chi connectivity index (χ3v) is 3.54. The minimum Gasteiger partial charge on any atom is -0.399 e. The molecule has 0 fully saturated rings. The largest absolute Gasteiger partial charge is 0.399 e. The Morgan fingerprint density at radius 2 is 1.75 bits per heavy atom. The van der Waals surface area contributed by atoms with E-state index >= 15 is 0 Å². The van der Waals surface area contributed by atoms with Crippen molar-refractivity contribution in [1.29, 1.82) is 0 Å². The third-order valence-electron chi connectivity index (χ3n) is 3.54. The van der Waals surface area contributed by atoms with Crippen LogP contribution in [0.15, 0.2) is 41.4 Å². The van der Waals surface area contributed by atoms with Crippen LogP contribution in [0.3, 0.4) is 0 Å². The molecule has 104 valence electrons. The standard InChI is InChI=1S/C17H21N3/c1-11-9-15(18)10-17(12(11)2)20-13(3)14-5-7-16(19-4)8-6-14/h5-10,19H,18H2,1-4H3. The lowest BCUT2D eigenvalue weighted by atomic mass is 10.1. The average molecular weight is 267 g/mol. The molecule has 20 heavy (non-hydrogen) atoms. The topological polar surface area (TPSA) is 50.4 Å². The number of anilines is 2. The van der Waals surface area contributed by atoms with Crippen LogP contribution in [-0.2, 0) is 0 Å². The number of aryl methyl sites for hydroxylation is 1. The van der Waals surface area contributed by atoms with Gasteiger partial charge < -0.3 is 11.1 Å². The fourth-order valence-corrected chi connectivity index (χ4v) is 2.11. The van der Waals surface area contributed by atoms with Crippen molar-refractivity contribution >= 4 is 22.8 Å². The number of rotatable bonds is 3. The molecule has 0 saturated carbocycles. The molecule has 3 nitrogen and oxygen atoms in total. The van der Waals surface area contributed by atoms with Gasteiger partial charge in [0.05, 0.1) is 5.69 Å². The summed E-state index contributed by atoms with van der Waals surface area (Å²) in [7, 11) is 1.91. The lowest BCUT2D eigenvalue weighted by Gasteiger charge is -2.08. The smallest absolute Gasteiger partial charge is 0.0685 e. The van der Waals surface area contributed by atoms with Gasteiger partial charge in [-0.05, 0) is 61.7 Å². The summed E-state index contributed by atoms with van der Waals surface area (Å²) >= 11 is 0. The van der Waals surface area contributed by atoms with Crippen LogP contribution in [0.25, 0.3) is 0 Å². The Bertz CT molecular complexity index is 640. The number of nitrogens with two attached hydrogens (primary N) is 1. The monoisotopic (exact) mass is 267 g/mol. The Labute approximate surface area is 120 Å². The van der Waals surface area contributed by atoms with Crippen molar-refractivity contribution in [3.05, 3.63) is 53.1 Å². The molecule has 0 atom stereocenters. The van der Waals surface area contributed by atoms with Crippen LogP contribution < -0.4 is 11.1 Å². The van der Waals surface area contributed by atoms with Gasteiger partial charge in [-0.1, -0.05) is 12.1 Å². The Morgan fingerprint density at radius 3 is 2.35 bits per heavy atom. The van der Waals surface area contributed by atoms with E-state index in [1.807, 2.05) is 38.2 Å². The molecule has 0 unspecified atom stereocenters. The van der Waals surface area contributed by atoms with Crippen molar-refractivity contribution < 1.29 is 0 Å². The van der Waals surface area contributed by atoms with Gasteiger partial charge in [-0.25, -0.2) is 0 Å². The van der Waals surface area contributed by atoms with E-state index in [9.17, 15) is 0 Å². The van der Waals surface area contributed by atoms with Crippen LogP contribution in [-0.4, -0.2) is 12.8 Å². The number of aliphatic imine (C=N–C) groups is 1. The zero-order valence-electron chi connectivity index (χ0n) is 12.5. The highest BCUT2D eigenvalue weighted by molar-refractivity contribution is 6.00. The van der Waals surface area contributed by atoms with Gasteiger partial charge in [0.15, 0.2) is 0 Å². The summed E-state index contributed by atoms with van der Waals surface area (Å²) in [6.07, 6.45) is 0. The molecular weight excluding hydrogens is 246 g/mol. The van der Waals surface area contributed by atoms with Gasteiger partial charge in [-0.3, -0.25) is 4.99 Å². The Morgan fingerprint density at radius 1 is 1.10 bits per heavy atom. The van der Waals surface area contributed by atoms with Crippen LogP contribution in [0, 0.1) is 13.8 Å².